The molecule has 0 bridgehead atoms. The van der Waals surface area contributed by atoms with Crippen molar-refractivity contribution in [2.75, 3.05) is 37.7 Å². The topological polar surface area (TPSA) is 99.6 Å². The number of hydrogen-bond acceptors (Lipinski definition) is 6. The number of likely N-dealkylation sites (tertiary alicyclic amines) is 1. The lowest BCUT2D eigenvalue weighted by atomic mass is 9.73. The lowest BCUT2D eigenvalue weighted by Gasteiger charge is -2.40. The van der Waals surface area contributed by atoms with E-state index in [0.717, 1.165) is 43.5 Å². The van der Waals surface area contributed by atoms with Gasteiger partial charge in [-0.15, -0.1) is 0 Å². The molecule has 1 spiro atoms. The van der Waals surface area contributed by atoms with Crippen molar-refractivity contribution in [2.24, 2.45) is 11.8 Å². The van der Waals surface area contributed by atoms with Crippen molar-refractivity contribution in [3.63, 3.8) is 0 Å². The van der Waals surface area contributed by atoms with E-state index in [1.807, 2.05) is 67.3 Å². The van der Waals surface area contributed by atoms with Crippen molar-refractivity contribution >= 4 is 23.4 Å². The standard InChI is InChI=1S/C35H47N3O6/c1-3-34-19-11-22-36(26-15-17-27(18-16-26)43-4-2)31(40)28(34)29-32(41)38(21-9-6-10-24-39)30-33(42)37(25-13-7-5-8-14-25)23-12-20-35(29,30)44-34/h11-12,15-20,25,28-30,39H,3-10,13-14,21-24H2,1-2H3/t28-,29-,30?,34+,35-/m0/s1. The Labute approximate surface area is 260 Å². The smallest absolute Gasteiger partial charge is 0.249 e. The zero-order chi connectivity index (χ0) is 30.9. The maximum Gasteiger partial charge on any atom is 0.249 e. The molecule has 1 aliphatic carbocycles. The third kappa shape index (κ3) is 5.06. The Morgan fingerprint density at radius 3 is 2.34 bits per heavy atom. The fraction of sp³-hybridized carbons (Fsp3) is 0.629. The van der Waals surface area contributed by atoms with E-state index in [-0.39, 0.29) is 30.4 Å². The highest BCUT2D eigenvalue weighted by Crippen LogP contribution is 2.59. The van der Waals surface area contributed by atoms with E-state index in [1.54, 1.807) is 9.80 Å². The molecule has 1 saturated carbocycles. The van der Waals surface area contributed by atoms with Crippen molar-refractivity contribution in [2.45, 2.75) is 94.9 Å². The summed E-state index contributed by atoms with van der Waals surface area (Å²) in [5.74, 6) is -1.28. The van der Waals surface area contributed by atoms with E-state index >= 15 is 0 Å². The molecule has 4 aliphatic heterocycles. The van der Waals surface area contributed by atoms with Crippen molar-refractivity contribution in [1.29, 1.82) is 0 Å². The van der Waals surface area contributed by atoms with E-state index in [0.29, 0.717) is 45.5 Å². The summed E-state index contributed by atoms with van der Waals surface area (Å²) < 4.78 is 12.7. The molecule has 5 atom stereocenters. The van der Waals surface area contributed by atoms with Gasteiger partial charge in [0.05, 0.1) is 24.0 Å². The van der Waals surface area contributed by atoms with Crippen LogP contribution in [0.3, 0.4) is 0 Å². The molecule has 9 heteroatoms. The Bertz CT molecular complexity index is 1290. The Hall–Kier alpha value is -3.17. The lowest BCUT2D eigenvalue weighted by Crippen LogP contribution is -2.57. The van der Waals surface area contributed by atoms with E-state index in [9.17, 15) is 19.5 Å². The van der Waals surface area contributed by atoms with Gasteiger partial charge in [-0.3, -0.25) is 14.4 Å². The number of unbranched alkanes of at least 4 members (excludes halogenated alkanes) is 2. The van der Waals surface area contributed by atoms with Crippen LogP contribution in [0.15, 0.2) is 48.6 Å². The van der Waals surface area contributed by atoms with Crippen LogP contribution < -0.4 is 9.64 Å². The first-order valence-electron chi connectivity index (χ1n) is 16.7. The molecule has 44 heavy (non-hydrogen) atoms. The third-order valence-electron chi connectivity index (χ3n) is 10.5. The summed E-state index contributed by atoms with van der Waals surface area (Å²) in [4.78, 5) is 49.5. The van der Waals surface area contributed by atoms with Crippen LogP contribution in [0.4, 0.5) is 5.69 Å². The second-order valence-electron chi connectivity index (χ2n) is 12.9. The number of benzene rings is 1. The number of ether oxygens (including phenoxy) is 2. The molecule has 1 aromatic rings. The predicted molar refractivity (Wildman–Crippen MR) is 167 cm³/mol. The van der Waals surface area contributed by atoms with Gasteiger partial charge in [-0.25, -0.2) is 0 Å². The molecule has 2 saturated heterocycles. The Balaban J connectivity index is 1.40. The normalized spacial score (nSPS) is 32.0. The van der Waals surface area contributed by atoms with Crippen LogP contribution in [0.5, 0.6) is 5.75 Å². The van der Waals surface area contributed by atoms with E-state index < -0.39 is 29.1 Å². The van der Waals surface area contributed by atoms with E-state index in [2.05, 4.69) is 0 Å². The number of fused-ring (bicyclic) bond motifs is 2. The van der Waals surface area contributed by atoms with E-state index in [4.69, 9.17) is 9.47 Å². The number of aliphatic hydroxyl groups is 1. The molecular formula is C35H47N3O6. The van der Waals surface area contributed by atoms with Crippen molar-refractivity contribution in [3.05, 3.63) is 48.6 Å². The number of carbonyl (C=O) groups excluding carboxylic acids is 3. The number of carbonyl (C=O) groups is 3. The van der Waals surface area contributed by atoms with Gasteiger partial charge in [-0.05, 0) is 69.7 Å². The zero-order valence-electron chi connectivity index (χ0n) is 26.2. The maximum atomic E-state index is 14.7. The number of hydrogen-bond donors (Lipinski definition) is 1. The van der Waals surface area contributed by atoms with Crippen LogP contribution in [0.2, 0.25) is 0 Å². The molecular weight excluding hydrogens is 558 g/mol. The van der Waals surface area contributed by atoms with Gasteiger partial charge in [-0.2, -0.15) is 0 Å². The van der Waals surface area contributed by atoms with Gasteiger partial charge in [0.2, 0.25) is 17.7 Å². The van der Waals surface area contributed by atoms with Gasteiger partial charge in [0, 0.05) is 38.0 Å². The molecule has 1 aromatic carbocycles. The summed E-state index contributed by atoms with van der Waals surface area (Å²) in [5, 5.41) is 9.36. The van der Waals surface area contributed by atoms with Crippen molar-refractivity contribution in [3.8, 4) is 5.75 Å². The van der Waals surface area contributed by atoms with E-state index in [1.165, 1.54) is 6.42 Å². The van der Waals surface area contributed by atoms with Crippen LogP contribution in [0.25, 0.3) is 0 Å². The molecule has 6 rings (SSSR count). The third-order valence-corrected chi connectivity index (χ3v) is 10.5. The fourth-order valence-corrected chi connectivity index (χ4v) is 8.43. The summed E-state index contributed by atoms with van der Waals surface area (Å²) in [7, 11) is 0. The summed E-state index contributed by atoms with van der Waals surface area (Å²) >= 11 is 0. The molecule has 9 nitrogen and oxygen atoms in total. The van der Waals surface area contributed by atoms with Crippen LogP contribution in [-0.2, 0) is 19.1 Å². The number of rotatable bonds is 10. The Kier molecular flexibility index (Phi) is 8.88. The zero-order valence-corrected chi connectivity index (χ0v) is 26.2. The number of anilines is 1. The first-order valence-corrected chi connectivity index (χ1v) is 16.7. The highest BCUT2D eigenvalue weighted by molar-refractivity contribution is 6.04. The molecule has 5 aliphatic rings. The average molecular weight is 606 g/mol. The van der Waals surface area contributed by atoms with Crippen molar-refractivity contribution in [1.82, 2.24) is 9.80 Å². The molecule has 1 unspecified atom stereocenters. The Morgan fingerprint density at radius 2 is 1.64 bits per heavy atom. The van der Waals surface area contributed by atoms with Gasteiger partial charge in [-0.1, -0.05) is 50.5 Å². The van der Waals surface area contributed by atoms with Crippen molar-refractivity contribution < 1.29 is 29.0 Å². The number of aliphatic hydroxyl groups excluding tert-OH is 1. The minimum atomic E-state index is -1.24. The van der Waals surface area contributed by atoms with Gasteiger partial charge < -0.3 is 29.3 Å². The highest BCUT2D eigenvalue weighted by atomic mass is 16.5. The summed E-state index contributed by atoms with van der Waals surface area (Å²) in [6, 6.07) is 6.79. The second-order valence-corrected chi connectivity index (χ2v) is 12.9. The van der Waals surface area contributed by atoms with Gasteiger partial charge in [0.15, 0.2) is 0 Å². The minimum Gasteiger partial charge on any atom is -0.494 e. The van der Waals surface area contributed by atoms with Crippen LogP contribution in [0, 0.1) is 11.8 Å². The molecule has 3 amide bonds. The first kappa shape index (κ1) is 30.8. The summed E-state index contributed by atoms with van der Waals surface area (Å²) in [6.07, 6.45) is 15.8. The lowest BCUT2D eigenvalue weighted by molar-refractivity contribution is -0.154. The quantitative estimate of drug-likeness (QED) is 0.317. The number of nitrogens with zero attached hydrogens (tertiary/aromatic N) is 3. The average Bonchev–Trinajstić information content (AvgIpc) is 3.32. The molecule has 1 N–H and O–H groups in total. The molecule has 238 valence electrons. The molecule has 4 heterocycles. The Morgan fingerprint density at radius 1 is 0.886 bits per heavy atom. The fourth-order valence-electron chi connectivity index (χ4n) is 8.43. The molecule has 0 radical (unpaired) electrons. The summed E-state index contributed by atoms with van der Waals surface area (Å²) in [6.45, 7) is 5.81. The monoisotopic (exact) mass is 605 g/mol. The SMILES string of the molecule is CCOc1ccc(N2CC=C[C@@]3(CC)O[C@]45C=CCN(C6CCCCC6)C(=O)C4N(CCCCCO)C(=O)[C@@H]5[C@H]3C2=O)cc1. The highest BCUT2D eigenvalue weighted by Gasteiger charge is 2.75. The van der Waals surface area contributed by atoms with Crippen LogP contribution in [-0.4, -0.2) is 88.8 Å². The molecule has 0 aromatic heterocycles. The van der Waals surface area contributed by atoms with Gasteiger partial charge >= 0.3 is 0 Å². The minimum absolute atomic E-state index is 0.0672. The molecule has 3 fully saturated rings. The first-order chi connectivity index (χ1) is 21.4. The van der Waals surface area contributed by atoms with Crippen LogP contribution >= 0.6 is 0 Å². The second kappa shape index (κ2) is 12.7. The number of amides is 3. The maximum absolute atomic E-state index is 14.7. The predicted octanol–water partition coefficient (Wildman–Crippen LogP) is 4.24. The van der Waals surface area contributed by atoms with Crippen LogP contribution in [0.1, 0.15) is 71.6 Å². The summed E-state index contributed by atoms with van der Waals surface area (Å²) in [5.41, 5.74) is -1.52. The largest absolute Gasteiger partial charge is 0.494 e. The van der Waals surface area contributed by atoms with Gasteiger partial charge in [0.1, 0.15) is 17.4 Å². The van der Waals surface area contributed by atoms with Gasteiger partial charge in [0.25, 0.3) is 0 Å².